The van der Waals surface area contributed by atoms with Gasteiger partial charge in [-0.3, -0.25) is 0 Å². The quantitative estimate of drug-likeness (QED) is 0.390. The van der Waals surface area contributed by atoms with Crippen LogP contribution in [0, 0.1) is 26.7 Å². The van der Waals surface area contributed by atoms with Crippen molar-refractivity contribution in [1.82, 2.24) is 29.7 Å². The molecule has 1 aliphatic rings. The predicted octanol–water partition coefficient (Wildman–Crippen LogP) is 5.95. The van der Waals surface area contributed by atoms with Crippen LogP contribution in [0.1, 0.15) is 75.8 Å². The highest BCUT2D eigenvalue weighted by atomic mass is 15.4. The first kappa shape index (κ1) is 23.5. The summed E-state index contributed by atoms with van der Waals surface area (Å²) >= 11 is 0. The van der Waals surface area contributed by atoms with Crippen LogP contribution in [-0.2, 0) is 0 Å². The molecule has 0 radical (unpaired) electrons. The summed E-state index contributed by atoms with van der Waals surface area (Å²) in [6.07, 6.45) is 7.93. The van der Waals surface area contributed by atoms with Crippen LogP contribution in [0.25, 0.3) is 11.0 Å². The van der Waals surface area contributed by atoms with Gasteiger partial charge in [0.15, 0.2) is 0 Å². The largest absolute Gasteiger partial charge is 0.159 e. The second-order valence-electron chi connectivity index (χ2n) is 8.15. The summed E-state index contributed by atoms with van der Waals surface area (Å²) in [6, 6.07) is 6.01. The third-order valence-corrected chi connectivity index (χ3v) is 4.38. The maximum absolute atomic E-state index is 4.54. The van der Waals surface area contributed by atoms with Gasteiger partial charge in [0.2, 0.25) is 0 Å². The normalized spacial score (nSPS) is 12.6. The lowest BCUT2D eigenvalue weighted by Gasteiger charge is -1.96. The number of hydrogen-bond acceptors (Lipinski definition) is 4. The topological polar surface area (TPSA) is 60.4 Å². The van der Waals surface area contributed by atoms with Crippen LogP contribution in [0.3, 0.4) is 0 Å². The van der Waals surface area contributed by atoms with Gasteiger partial charge in [0.05, 0.1) is 29.1 Å². The van der Waals surface area contributed by atoms with Crippen LogP contribution in [0.4, 0.5) is 0 Å². The molecule has 30 heavy (non-hydrogen) atoms. The lowest BCUT2D eigenvalue weighted by molar-refractivity contribution is 0.737. The molecule has 0 amide bonds. The van der Waals surface area contributed by atoms with E-state index in [9.17, 15) is 0 Å². The van der Waals surface area contributed by atoms with Gasteiger partial charge in [0.1, 0.15) is 0 Å². The Kier molecular flexibility index (Phi) is 8.51. The Morgan fingerprint density at radius 3 is 2.10 bits per heavy atom. The molecule has 0 saturated heterocycles. The van der Waals surface area contributed by atoms with Crippen LogP contribution >= 0.6 is 0 Å². The van der Waals surface area contributed by atoms with Crippen molar-refractivity contribution in [2.45, 2.75) is 74.1 Å². The Bertz CT molecular complexity index is 1050. The minimum Gasteiger partial charge on any atom is -0.159 e. The number of hydrogen-bond donors (Lipinski definition) is 0. The van der Waals surface area contributed by atoms with Crippen LogP contribution < -0.4 is 0 Å². The molecule has 0 aliphatic heterocycles. The van der Waals surface area contributed by atoms with Crippen molar-refractivity contribution in [3.05, 3.63) is 59.2 Å². The van der Waals surface area contributed by atoms with Gasteiger partial charge in [-0.15, -0.1) is 0 Å². The molecule has 162 valence electrons. The Hall–Kier alpha value is -2.76. The molecule has 4 heterocycles. The first-order valence-corrected chi connectivity index (χ1v) is 10.9. The highest BCUT2D eigenvalue weighted by molar-refractivity contribution is 5.61. The molecule has 0 unspecified atom stereocenters. The van der Waals surface area contributed by atoms with E-state index in [-0.39, 0.29) is 0 Å². The Balaban J connectivity index is 0.000000176. The highest BCUT2D eigenvalue weighted by Gasteiger charge is 2.29. The average molecular weight is 409 g/mol. The van der Waals surface area contributed by atoms with Gasteiger partial charge in [-0.25, -0.2) is 0 Å². The minimum atomic E-state index is 0.705. The fourth-order valence-corrected chi connectivity index (χ4v) is 2.99. The molecular weight excluding hydrogens is 372 g/mol. The van der Waals surface area contributed by atoms with E-state index in [1.165, 1.54) is 35.2 Å². The molecule has 5 rings (SSSR count). The summed E-state index contributed by atoms with van der Waals surface area (Å²) in [4.78, 5) is 0. The van der Waals surface area contributed by atoms with E-state index in [0.29, 0.717) is 5.92 Å². The van der Waals surface area contributed by atoms with Crippen molar-refractivity contribution in [2.75, 3.05) is 0 Å². The lowest BCUT2D eigenvalue weighted by atomic mass is 10.1. The molecular formula is C24H36N6. The number of rotatable bonds is 1. The SMILES string of the molecule is CC.CC(C)C.Cc1ccnn2nc(C3CC3)c(C)c12.Cc1cnn2nccc2c1. The Labute approximate surface area is 180 Å². The van der Waals surface area contributed by atoms with Gasteiger partial charge in [-0.2, -0.15) is 29.7 Å². The first-order valence-electron chi connectivity index (χ1n) is 10.9. The van der Waals surface area contributed by atoms with E-state index in [1.54, 1.807) is 21.7 Å². The second kappa shape index (κ2) is 10.9. The summed E-state index contributed by atoms with van der Waals surface area (Å²) < 4.78 is 3.38. The summed E-state index contributed by atoms with van der Waals surface area (Å²) in [5, 5.41) is 16.8. The van der Waals surface area contributed by atoms with E-state index < -0.39 is 0 Å². The van der Waals surface area contributed by atoms with Crippen LogP contribution in [0.15, 0.2) is 36.8 Å². The van der Waals surface area contributed by atoms with E-state index in [0.717, 1.165) is 17.0 Å². The molecule has 1 aliphatic carbocycles. The van der Waals surface area contributed by atoms with E-state index in [2.05, 4.69) is 55.0 Å². The standard InChI is InChI=1S/C11H13N3.C7H7N3.C4H10.C2H6/c1-7-5-6-12-14-11(7)8(2)10(13-14)9-3-4-9;1-6-4-7-2-3-8-10(7)9-5-6;1-4(2)3;1-2/h5-6,9H,3-4H2,1-2H3;2-5H,1H3;4H,1-3H3;1-2H3. The van der Waals surface area contributed by atoms with Gasteiger partial charge in [-0.05, 0) is 68.9 Å². The van der Waals surface area contributed by atoms with E-state index in [4.69, 9.17) is 0 Å². The number of fused-ring (bicyclic) bond motifs is 2. The van der Waals surface area contributed by atoms with E-state index in [1.807, 2.05) is 45.2 Å². The van der Waals surface area contributed by atoms with Crippen molar-refractivity contribution in [1.29, 1.82) is 0 Å². The fourth-order valence-electron chi connectivity index (χ4n) is 2.99. The molecule has 0 N–H and O–H groups in total. The lowest BCUT2D eigenvalue weighted by Crippen LogP contribution is -1.94. The van der Waals surface area contributed by atoms with Gasteiger partial charge < -0.3 is 0 Å². The van der Waals surface area contributed by atoms with Crippen LogP contribution in [-0.4, -0.2) is 29.7 Å². The number of nitrogens with zero attached hydrogens (tertiary/aromatic N) is 6. The summed E-state index contributed by atoms with van der Waals surface area (Å²) in [5.74, 6) is 1.54. The Morgan fingerprint density at radius 2 is 1.50 bits per heavy atom. The third kappa shape index (κ3) is 6.12. The zero-order chi connectivity index (χ0) is 22.3. The second-order valence-corrected chi connectivity index (χ2v) is 8.15. The minimum absolute atomic E-state index is 0.705. The van der Waals surface area contributed by atoms with Crippen molar-refractivity contribution >= 4 is 11.0 Å². The van der Waals surface area contributed by atoms with Crippen molar-refractivity contribution in [2.24, 2.45) is 5.92 Å². The molecule has 6 heteroatoms. The third-order valence-electron chi connectivity index (χ3n) is 4.38. The summed E-state index contributed by atoms with van der Waals surface area (Å²) in [7, 11) is 0. The van der Waals surface area contributed by atoms with Crippen molar-refractivity contribution in [3.8, 4) is 0 Å². The molecule has 1 fully saturated rings. The summed E-state index contributed by atoms with van der Waals surface area (Å²) in [5.41, 5.74) is 7.23. The molecule has 0 bridgehead atoms. The van der Waals surface area contributed by atoms with Gasteiger partial charge in [0.25, 0.3) is 0 Å². The van der Waals surface area contributed by atoms with Crippen LogP contribution in [0.2, 0.25) is 0 Å². The monoisotopic (exact) mass is 408 g/mol. The molecule has 4 aromatic rings. The maximum Gasteiger partial charge on any atom is 0.0934 e. The molecule has 0 aromatic carbocycles. The average Bonchev–Trinajstić information content (AvgIpc) is 3.34. The Morgan fingerprint density at radius 1 is 0.900 bits per heavy atom. The first-order chi connectivity index (χ1) is 14.4. The van der Waals surface area contributed by atoms with Crippen molar-refractivity contribution < 1.29 is 0 Å². The van der Waals surface area contributed by atoms with Gasteiger partial charge in [-0.1, -0.05) is 34.6 Å². The summed E-state index contributed by atoms with van der Waals surface area (Å²) in [6.45, 7) is 16.8. The predicted molar refractivity (Wildman–Crippen MR) is 124 cm³/mol. The maximum atomic E-state index is 4.54. The molecule has 0 atom stereocenters. The van der Waals surface area contributed by atoms with Crippen molar-refractivity contribution in [3.63, 3.8) is 0 Å². The van der Waals surface area contributed by atoms with Crippen LogP contribution in [0.5, 0.6) is 0 Å². The van der Waals surface area contributed by atoms with Gasteiger partial charge in [0, 0.05) is 17.7 Å². The molecule has 4 aromatic heterocycles. The smallest absolute Gasteiger partial charge is 0.0934 e. The molecule has 1 saturated carbocycles. The molecule has 6 nitrogen and oxygen atoms in total. The number of aromatic nitrogens is 6. The zero-order valence-electron chi connectivity index (χ0n) is 19.7. The van der Waals surface area contributed by atoms with E-state index >= 15 is 0 Å². The number of aryl methyl sites for hydroxylation is 3. The fraction of sp³-hybridized carbons (Fsp3) is 0.500. The van der Waals surface area contributed by atoms with Gasteiger partial charge >= 0.3 is 0 Å². The highest BCUT2D eigenvalue weighted by Crippen LogP contribution is 2.41. The molecule has 0 spiro atoms. The zero-order valence-corrected chi connectivity index (χ0v) is 19.7.